The molecule has 2 N–H and O–H groups in total. The first-order valence-corrected chi connectivity index (χ1v) is 10.8. The number of alkyl carbamates (subject to hydrolysis) is 1. The maximum Gasteiger partial charge on any atom is 0.416 e. The average Bonchev–Trinajstić information content (AvgIpc) is 2.72. The van der Waals surface area contributed by atoms with Crippen molar-refractivity contribution < 1.29 is 27.4 Å². The first-order chi connectivity index (χ1) is 15.5. The molecule has 0 aromatic heterocycles. The lowest BCUT2D eigenvalue weighted by Gasteiger charge is -2.37. The van der Waals surface area contributed by atoms with Crippen LogP contribution in [-0.4, -0.2) is 44.5 Å². The number of halogens is 3. The molecule has 0 saturated carbocycles. The maximum absolute atomic E-state index is 13.0. The van der Waals surface area contributed by atoms with Crippen molar-refractivity contribution in [2.24, 2.45) is 0 Å². The fourth-order valence-electron chi connectivity index (χ4n) is 3.77. The summed E-state index contributed by atoms with van der Waals surface area (Å²) in [4.78, 5) is 14.3. The summed E-state index contributed by atoms with van der Waals surface area (Å²) in [5.41, 5.74) is 1.98. The standard InChI is InChI=1S/C24H30F3N3O3/c1-23(2,3)33-22(31)29-17-14-19-20(28-12-13-32-4)6-5-7-21(19)30(15-17)18-10-8-16(9-11-18)24(25,26)27/h5-11,17,28H,12-15H2,1-4H3,(H,29,31). The summed E-state index contributed by atoms with van der Waals surface area (Å²) in [6.45, 7) is 6.86. The van der Waals surface area contributed by atoms with E-state index < -0.39 is 23.4 Å². The van der Waals surface area contributed by atoms with Gasteiger partial charge in [0.2, 0.25) is 0 Å². The molecule has 0 spiro atoms. The Morgan fingerprint density at radius 2 is 1.82 bits per heavy atom. The van der Waals surface area contributed by atoms with E-state index in [9.17, 15) is 18.0 Å². The number of alkyl halides is 3. The molecule has 1 aliphatic heterocycles. The van der Waals surface area contributed by atoms with E-state index >= 15 is 0 Å². The van der Waals surface area contributed by atoms with Gasteiger partial charge in [-0.05, 0) is 63.6 Å². The van der Waals surface area contributed by atoms with Crippen LogP contribution in [0.4, 0.5) is 35.0 Å². The predicted octanol–water partition coefficient (Wildman–Crippen LogP) is 5.35. The minimum absolute atomic E-state index is 0.306. The number of carbonyl (C=O) groups excluding carboxylic acids is 1. The minimum Gasteiger partial charge on any atom is -0.444 e. The number of nitrogens with one attached hydrogen (secondary N) is 2. The van der Waals surface area contributed by atoms with Crippen LogP contribution in [-0.2, 0) is 22.1 Å². The number of ether oxygens (including phenoxy) is 2. The number of hydrogen-bond donors (Lipinski definition) is 2. The van der Waals surface area contributed by atoms with Crippen molar-refractivity contribution in [3.63, 3.8) is 0 Å². The highest BCUT2D eigenvalue weighted by Crippen LogP contribution is 2.38. The summed E-state index contributed by atoms with van der Waals surface area (Å²) in [7, 11) is 1.62. The molecule has 33 heavy (non-hydrogen) atoms. The summed E-state index contributed by atoms with van der Waals surface area (Å²) in [6.07, 6.45) is -4.40. The van der Waals surface area contributed by atoms with Gasteiger partial charge in [0, 0.05) is 42.8 Å². The molecule has 3 rings (SSSR count). The highest BCUT2D eigenvalue weighted by Gasteiger charge is 2.32. The van der Waals surface area contributed by atoms with Crippen molar-refractivity contribution in [1.82, 2.24) is 5.32 Å². The van der Waals surface area contributed by atoms with Gasteiger partial charge in [0.25, 0.3) is 0 Å². The zero-order valence-corrected chi connectivity index (χ0v) is 19.3. The normalized spacial score (nSPS) is 16.2. The molecule has 180 valence electrons. The second-order valence-electron chi connectivity index (χ2n) is 8.93. The number of amides is 1. The van der Waals surface area contributed by atoms with E-state index in [2.05, 4.69) is 10.6 Å². The van der Waals surface area contributed by atoms with E-state index in [1.54, 1.807) is 27.9 Å². The van der Waals surface area contributed by atoms with Crippen molar-refractivity contribution in [1.29, 1.82) is 0 Å². The topological polar surface area (TPSA) is 62.8 Å². The summed E-state index contributed by atoms with van der Waals surface area (Å²) in [5.74, 6) is 0. The Balaban J connectivity index is 1.93. The van der Waals surface area contributed by atoms with Crippen LogP contribution in [0.2, 0.25) is 0 Å². The number of hydrogen-bond acceptors (Lipinski definition) is 5. The Morgan fingerprint density at radius 3 is 2.42 bits per heavy atom. The molecular weight excluding hydrogens is 435 g/mol. The second-order valence-corrected chi connectivity index (χ2v) is 8.93. The third-order valence-corrected chi connectivity index (χ3v) is 5.14. The molecule has 1 atom stereocenters. The molecule has 2 aromatic rings. The van der Waals surface area contributed by atoms with Gasteiger partial charge in [-0.15, -0.1) is 0 Å². The number of benzene rings is 2. The maximum atomic E-state index is 13.0. The lowest BCUT2D eigenvalue weighted by molar-refractivity contribution is -0.137. The van der Waals surface area contributed by atoms with Gasteiger partial charge < -0.3 is 25.0 Å². The number of methoxy groups -OCH3 is 1. The van der Waals surface area contributed by atoms with Crippen molar-refractivity contribution >= 4 is 23.2 Å². The second kappa shape index (κ2) is 9.91. The van der Waals surface area contributed by atoms with Crippen LogP contribution in [0.5, 0.6) is 0 Å². The van der Waals surface area contributed by atoms with Crippen molar-refractivity contribution in [2.75, 3.05) is 37.0 Å². The predicted molar refractivity (Wildman–Crippen MR) is 122 cm³/mol. The van der Waals surface area contributed by atoms with Crippen LogP contribution in [0, 0.1) is 0 Å². The van der Waals surface area contributed by atoms with Crippen LogP contribution >= 0.6 is 0 Å². The summed E-state index contributed by atoms with van der Waals surface area (Å²) < 4.78 is 49.7. The van der Waals surface area contributed by atoms with Gasteiger partial charge in [-0.25, -0.2) is 4.79 Å². The van der Waals surface area contributed by atoms with E-state index in [0.717, 1.165) is 29.1 Å². The lowest BCUT2D eigenvalue weighted by Crippen LogP contribution is -2.48. The SMILES string of the molecule is COCCNc1cccc2c1CC(NC(=O)OC(C)(C)C)CN2c1ccc(C(F)(F)F)cc1. The summed E-state index contributed by atoms with van der Waals surface area (Å²) >= 11 is 0. The van der Waals surface area contributed by atoms with Gasteiger partial charge in [-0.2, -0.15) is 13.2 Å². The quantitative estimate of drug-likeness (QED) is 0.563. The molecule has 0 saturated heterocycles. The van der Waals surface area contributed by atoms with Crippen molar-refractivity contribution in [3.05, 3.63) is 53.6 Å². The van der Waals surface area contributed by atoms with E-state index in [1.165, 1.54) is 12.1 Å². The van der Waals surface area contributed by atoms with E-state index in [4.69, 9.17) is 9.47 Å². The fraction of sp³-hybridized carbons (Fsp3) is 0.458. The first-order valence-electron chi connectivity index (χ1n) is 10.8. The summed E-state index contributed by atoms with van der Waals surface area (Å²) in [6, 6.07) is 10.5. The van der Waals surface area contributed by atoms with Gasteiger partial charge in [-0.3, -0.25) is 0 Å². The lowest BCUT2D eigenvalue weighted by atomic mass is 9.95. The first kappa shape index (κ1) is 24.7. The highest BCUT2D eigenvalue weighted by atomic mass is 19.4. The Morgan fingerprint density at radius 1 is 1.12 bits per heavy atom. The van der Waals surface area contributed by atoms with E-state index in [1.807, 2.05) is 23.1 Å². The molecule has 0 radical (unpaired) electrons. The smallest absolute Gasteiger partial charge is 0.416 e. The highest BCUT2D eigenvalue weighted by molar-refractivity contribution is 5.76. The van der Waals surface area contributed by atoms with Gasteiger partial charge in [0.15, 0.2) is 0 Å². The van der Waals surface area contributed by atoms with Crippen LogP contribution < -0.4 is 15.5 Å². The molecule has 0 bridgehead atoms. The van der Waals surface area contributed by atoms with Crippen molar-refractivity contribution in [2.45, 2.75) is 45.0 Å². The van der Waals surface area contributed by atoms with Gasteiger partial charge in [0.05, 0.1) is 18.2 Å². The number of rotatable bonds is 6. The van der Waals surface area contributed by atoms with Crippen LogP contribution in [0.1, 0.15) is 31.9 Å². The van der Waals surface area contributed by atoms with Gasteiger partial charge in [-0.1, -0.05) is 6.07 Å². The van der Waals surface area contributed by atoms with Crippen LogP contribution in [0.15, 0.2) is 42.5 Å². The summed E-state index contributed by atoms with van der Waals surface area (Å²) in [5, 5.41) is 6.25. The molecule has 1 unspecified atom stereocenters. The average molecular weight is 466 g/mol. The van der Waals surface area contributed by atoms with E-state index in [0.29, 0.717) is 31.8 Å². The molecule has 2 aromatic carbocycles. The molecule has 6 nitrogen and oxygen atoms in total. The Labute approximate surface area is 192 Å². The third kappa shape index (κ3) is 6.54. The molecule has 0 fully saturated rings. The molecule has 0 aliphatic carbocycles. The zero-order chi connectivity index (χ0) is 24.2. The molecular formula is C24H30F3N3O3. The van der Waals surface area contributed by atoms with Crippen molar-refractivity contribution in [3.8, 4) is 0 Å². The molecule has 1 amide bonds. The number of fused-ring (bicyclic) bond motifs is 1. The Hall–Kier alpha value is -2.94. The zero-order valence-electron chi connectivity index (χ0n) is 19.3. The number of carbonyl (C=O) groups is 1. The molecule has 1 aliphatic rings. The monoisotopic (exact) mass is 465 g/mol. The van der Waals surface area contributed by atoms with E-state index in [-0.39, 0.29) is 6.04 Å². The minimum atomic E-state index is -4.41. The Kier molecular flexibility index (Phi) is 7.41. The van der Waals surface area contributed by atoms with Gasteiger partial charge >= 0.3 is 12.3 Å². The fourth-order valence-corrected chi connectivity index (χ4v) is 3.77. The number of anilines is 3. The number of nitrogens with zero attached hydrogens (tertiary/aromatic N) is 1. The Bertz CT molecular complexity index is 956. The molecule has 1 heterocycles. The van der Waals surface area contributed by atoms with Crippen LogP contribution in [0.25, 0.3) is 0 Å². The third-order valence-electron chi connectivity index (χ3n) is 5.14. The van der Waals surface area contributed by atoms with Gasteiger partial charge in [0.1, 0.15) is 5.60 Å². The van der Waals surface area contributed by atoms with Crippen LogP contribution in [0.3, 0.4) is 0 Å². The largest absolute Gasteiger partial charge is 0.444 e. The molecule has 9 heteroatoms.